The number of ether oxygens (including phenoxy) is 1. The minimum Gasteiger partial charge on any atom is -0.378 e. The molecule has 0 atom stereocenters. The summed E-state index contributed by atoms with van der Waals surface area (Å²) < 4.78 is 5.25. The largest absolute Gasteiger partial charge is 0.378 e. The average molecular weight is 325 g/mol. The number of benzene rings is 1. The zero-order chi connectivity index (χ0) is 16.8. The number of hydrogen-bond acceptors (Lipinski definition) is 4. The number of carbonyl (C=O) groups is 2. The molecule has 1 N–H and O–H groups in total. The van der Waals surface area contributed by atoms with Crippen LogP contribution < -0.4 is 5.32 Å². The first kappa shape index (κ1) is 16.1. The highest BCUT2D eigenvalue weighted by Crippen LogP contribution is 2.10. The third kappa shape index (κ3) is 3.97. The fraction of sp³-hybridized carbons (Fsp3) is 0.278. The lowest BCUT2D eigenvalue weighted by molar-refractivity contribution is 0.0303. The summed E-state index contributed by atoms with van der Waals surface area (Å²) in [4.78, 5) is 30.2. The van der Waals surface area contributed by atoms with Gasteiger partial charge in [0.1, 0.15) is 0 Å². The highest BCUT2D eigenvalue weighted by Gasteiger charge is 2.18. The van der Waals surface area contributed by atoms with Gasteiger partial charge in [0, 0.05) is 43.2 Å². The van der Waals surface area contributed by atoms with Crippen LogP contribution in [0.25, 0.3) is 0 Å². The molecule has 6 nitrogen and oxygen atoms in total. The number of rotatable bonds is 4. The Hall–Kier alpha value is -2.73. The zero-order valence-electron chi connectivity index (χ0n) is 13.3. The normalized spacial score (nSPS) is 14.2. The first-order valence-corrected chi connectivity index (χ1v) is 7.88. The Balaban J connectivity index is 1.59. The van der Waals surface area contributed by atoms with Gasteiger partial charge in [-0.2, -0.15) is 0 Å². The molecule has 0 spiro atoms. The summed E-state index contributed by atoms with van der Waals surface area (Å²) >= 11 is 0. The number of carbonyl (C=O) groups excluding carboxylic acids is 2. The molecule has 0 aliphatic carbocycles. The van der Waals surface area contributed by atoms with E-state index >= 15 is 0 Å². The smallest absolute Gasteiger partial charge is 0.254 e. The lowest BCUT2D eigenvalue weighted by Crippen LogP contribution is -2.40. The molecule has 1 fully saturated rings. The van der Waals surface area contributed by atoms with Crippen LogP contribution in [0.15, 0.2) is 48.8 Å². The van der Waals surface area contributed by atoms with Crippen LogP contribution in [-0.4, -0.2) is 48.0 Å². The molecule has 6 heteroatoms. The Morgan fingerprint density at radius 3 is 2.29 bits per heavy atom. The molecular formula is C18H19N3O3. The summed E-state index contributed by atoms with van der Waals surface area (Å²) in [5, 5.41) is 2.85. The predicted octanol–water partition coefficient (Wildman–Crippen LogP) is 1.48. The van der Waals surface area contributed by atoms with Crippen LogP contribution in [0.2, 0.25) is 0 Å². The maximum absolute atomic E-state index is 12.4. The van der Waals surface area contributed by atoms with E-state index in [-0.39, 0.29) is 11.8 Å². The average Bonchev–Trinajstić information content (AvgIpc) is 2.67. The van der Waals surface area contributed by atoms with E-state index in [1.54, 1.807) is 41.6 Å². The minimum atomic E-state index is -0.169. The minimum absolute atomic E-state index is 0.0259. The summed E-state index contributed by atoms with van der Waals surface area (Å²) in [6.07, 6.45) is 3.38. The molecule has 2 aromatic rings. The number of hydrogen-bond donors (Lipinski definition) is 1. The molecule has 2 heterocycles. The first-order valence-electron chi connectivity index (χ1n) is 7.88. The van der Waals surface area contributed by atoms with Gasteiger partial charge in [-0.15, -0.1) is 0 Å². The summed E-state index contributed by atoms with van der Waals surface area (Å²) in [7, 11) is 0. The van der Waals surface area contributed by atoms with Crippen molar-refractivity contribution in [3.63, 3.8) is 0 Å². The molecule has 0 bridgehead atoms. The Morgan fingerprint density at radius 2 is 1.62 bits per heavy atom. The van der Waals surface area contributed by atoms with Gasteiger partial charge in [-0.1, -0.05) is 0 Å². The molecule has 1 saturated heterocycles. The second-order valence-corrected chi connectivity index (χ2v) is 5.52. The molecule has 1 aromatic heterocycles. The number of amides is 2. The third-order valence-corrected chi connectivity index (χ3v) is 3.89. The Kier molecular flexibility index (Phi) is 5.18. The molecule has 1 aromatic carbocycles. The van der Waals surface area contributed by atoms with Crippen molar-refractivity contribution < 1.29 is 14.3 Å². The third-order valence-electron chi connectivity index (χ3n) is 3.89. The summed E-state index contributed by atoms with van der Waals surface area (Å²) in [6.45, 7) is 2.79. The zero-order valence-corrected chi connectivity index (χ0v) is 13.3. The van der Waals surface area contributed by atoms with Crippen LogP contribution in [0, 0.1) is 0 Å². The van der Waals surface area contributed by atoms with Gasteiger partial charge in [0.15, 0.2) is 0 Å². The number of nitrogens with zero attached hydrogens (tertiary/aromatic N) is 2. The molecule has 2 amide bonds. The van der Waals surface area contributed by atoms with Crippen molar-refractivity contribution in [2.24, 2.45) is 0 Å². The van der Waals surface area contributed by atoms with Crippen molar-refractivity contribution in [2.45, 2.75) is 6.54 Å². The molecular weight excluding hydrogens is 306 g/mol. The van der Waals surface area contributed by atoms with Crippen molar-refractivity contribution >= 4 is 11.8 Å². The predicted molar refractivity (Wildman–Crippen MR) is 88.6 cm³/mol. The second-order valence-electron chi connectivity index (χ2n) is 5.52. The monoisotopic (exact) mass is 325 g/mol. The van der Waals surface area contributed by atoms with Crippen molar-refractivity contribution in [3.8, 4) is 0 Å². The van der Waals surface area contributed by atoms with Gasteiger partial charge in [0.25, 0.3) is 11.8 Å². The van der Waals surface area contributed by atoms with Crippen LogP contribution in [0.4, 0.5) is 0 Å². The van der Waals surface area contributed by atoms with E-state index in [0.717, 1.165) is 5.56 Å². The van der Waals surface area contributed by atoms with E-state index in [1.165, 1.54) is 0 Å². The quantitative estimate of drug-likeness (QED) is 0.924. The summed E-state index contributed by atoms with van der Waals surface area (Å²) in [5.41, 5.74) is 2.10. The fourth-order valence-electron chi connectivity index (χ4n) is 2.50. The molecule has 1 aliphatic heterocycles. The van der Waals surface area contributed by atoms with Crippen molar-refractivity contribution in [1.29, 1.82) is 0 Å². The fourth-order valence-corrected chi connectivity index (χ4v) is 2.50. The van der Waals surface area contributed by atoms with Crippen molar-refractivity contribution in [2.75, 3.05) is 26.3 Å². The lowest BCUT2D eigenvalue weighted by atomic mass is 10.1. The molecule has 0 radical (unpaired) electrons. The maximum Gasteiger partial charge on any atom is 0.254 e. The number of morpholine rings is 1. The van der Waals surface area contributed by atoms with Gasteiger partial charge < -0.3 is 15.0 Å². The Morgan fingerprint density at radius 1 is 1.00 bits per heavy atom. The van der Waals surface area contributed by atoms with Gasteiger partial charge in [0.2, 0.25) is 0 Å². The Labute approximate surface area is 140 Å². The van der Waals surface area contributed by atoms with E-state index in [4.69, 9.17) is 4.74 Å². The SMILES string of the molecule is O=C(NCc1ccncc1)c1ccc(C(=O)N2CCOCC2)cc1. The topological polar surface area (TPSA) is 71.5 Å². The van der Waals surface area contributed by atoms with Crippen LogP contribution in [0.5, 0.6) is 0 Å². The molecule has 24 heavy (non-hydrogen) atoms. The van der Waals surface area contributed by atoms with Crippen LogP contribution >= 0.6 is 0 Å². The molecule has 0 unspecified atom stereocenters. The molecule has 3 rings (SSSR count). The van der Waals surface area contributed by atoms with E-state index in [9.17, 15) is 9.59 Å². The molecule has 0 saturated carbocycles. The van der Waals surface area contributed by atoms with Gasteiger partial charge in [-0.3, -0.25) is 14.6 Å². The van der Waals surface area contributed by atoms with Gasteiger partial charge >= 0.3 is 0 Å². The highest BCUT2D eigenvalue weighted by atomic mass is 16.5. The van der Waals surface area contributed by atoms with E-state index in [0.29, 0.717) is 44.0 Å². The number of aromatic nitrogens is 1. The van der Waals surface area contributed by atoms with Crippen LogP contribution in [0.3, 0.4) is 0 Å². The second kappa shape index (κ2) is 7.70. The van der Waals surface area contributed by atoms with Crippen LogP contribution in [-0.2, 0) is 11.3 Å². The maximum atomic E-state index is 12.4. The highest BCUT2D eigenvalue weighted by molar-refractivity contribution is 5.97. The number of pyridine rings is 1. The summed E-state index contributed by atoms with van der Waals surface area (Å²) in [5.74, 6) is -0.195. The van der Waals surface area contributed by atoms with E-state index < -0.39 is 0 Å². The van der Waals surface area contributed by atoms with Gasteiger partial charge in [-0.05, 0) is 42.0 Å². The van der Waals surface area contributed by atoms with Crippen LogP contribution in [0.1, 0.15) is 26.3 Å². The lowest BCUT2D eigenvalue weighted by Gasteiger charge is -2.26. The van der Waals surface area contributed by atoms with Crippen molar-refractivity contribution in [3.05, 3.63) is 65.5 Å². The summed E-state index contributed by atoms with van der Waals surface area (Å²) in [6, 6.07) is 10.4. The molecule has 124 valence electrons. The van der Waals surface area contributed by atoms with E-state index in [1.807, 2.05) is 12.1 Å². The molecule has 1 aliphatic rings. The van der Waals surface area contributed by atoms with E-state index in [2.05, 4.69) is 10.3 Å². The van der Waals surface area contributed by atoms with Gasteiger partial charge in [-0.25, -0.2) is 0 Å². The van der Waals surface area contributed by atoms with Crippen molar-refractivity contribution in [1.82, 2.24) is 15.2 Å². The van der Waals surface area contributed by atoms with Gasteiger partial charge in [0.05, 0.1) is 13.2 Å². The first-order chi connectivity index (χ1) is 11.7. The number of nitrogens with one attached hydrogen (secondary N) is 1. The Bertz CT molecular complexity index is 695. The standard InChI is InChI=1S/C18H19N3O3/c22-17(20-13-14-5-7-19-8-6-14)15-1-3-16(4-2-15)18(23)21-9-11-24-12-10-21/h1-8H,9-13H2,(H,20,22).